The Hall–Kier alpha value is -4.18. The zero-order valence-electron chi connectivity index (χ0n) is 22.1. The highest BCUT2D eigenvalue weighted by Crippen LogP contribution is 2.40. The summed E-state index contributed by atoms with van der Waals surface area (Å²) < 4.78 is 88.6. The van der Waals surface area contributed by atoms with Crippen molar-refractivity contribution in [3.05, 3.63) is 130 Å². The van der Waals surface area contributed by atoms with Gasteiger partial charge in [-0.05, 0) is 80.6 Å². The van der Waals surface area contributed by atoms with E-state index in [2.05, 4.69) is 11.2 Å². The van der Waals surface area contributed by atoms with Crippen LogP contribution in [0.2, 0.25) is 0 Å². The number of carbonyl (C=O) groups is 1. The highest BCUT2D eigenvalue weighted by atomic mass is 32.2. The quantitative estimate of drug-likeness (QED) is 0.186. The molecule has 0 radical (unpaired) electrons. The number of amides is 1. The van der Waals surface area contributed by atoms with Crippen LogP contribution in [0.4, 0.5) is 22.0 Å². The van der Waals surface area contributed by atoms with Crippen LogP contribution >= 0.6 is 0 Å². The topological polar surface area (TPSA) is 55.4 Å². The van der Waals surface area contributed by atoms with Crippen molar-refractivity contribution in [3.63, 3.8) is 0 Å². The van der Waals surface area contributed by atoms with Crippen LogP contribution in [-0.4, -0.2) is 29.4 Å². The van der Waals surface area contributed by atoms with E-state index in [9.17, 15) is 31.0 Å². The molecule has 0 spiro atoms. The Bertz CT molecular complexity index is 1690. The Labute approximate surface area is 234 Å². The molecule has 1 amide bonds. The van der Waals surface area contributed by atoms with Gasteiger partial charge in [-0.15, -0.1) is 0 Å². The fourth-order valence-corrected chi connectivity index (χ4v) is 5.30. The van der Waals surface area contributed by atoms with Gasteiger partial charge < -0.3 is 10.1 Å². The van der Waals surface area contributed by atoms with E-state index in [1.807, 2.05) is 0 Å². The lowest BCUT2D eigenvalue weighted by molar-refractivity contribution is -0.137. The minimum Gasteiger partial charge on any atom is -0.494 e. The van der Waals surface area contributed by atoms with Crippen LogP contribution in [0.5, 0.6) is 5.75 Å². The lowest BCUT2D eigenvalue weighted by Crippen LogP contribution is -2.49. The van der Waals surface area contributed by atoms with Gasteiger partial charge in [0.05, 0.1) is 18.2 Å². The van der Waals surface area contributed by atoms with Gasteiger partial charge in [-0.25, -0.2) is 8.78 Å². The van der Waals surface area contributed by atoms with Gasteiger partial charge in [0.15, 0.2) is 11.6 Å². The maximum atomic E-state index is 14.9. The summed E-state index contributed by atoms with van der Waals surface area (Å²) in [5, 5.41) is 2.82. The van der Waals surface area contributed by atoms with Crippen LogP contribution in [0.3, 0.4) is 0 Å². The van der Waals surface area contributed by atoms with Crippen molar-refractivity contribution in [2.24, 2.45) is 0 Å². The zero-order valence-corrected chi connectivity index (χ0v) is 22.9. The van der Waals surface area contributed by atoms with Gasteiger partial charge in [0.2, 0.25) is 0 Å². The van der Waals surface area contributed by atoms with Crippen molar-refractivity contribution in [3.8, 4) is 5.75 Å². The summed E-state index contributed by atoms with van der Waals surface area (Å²) in [6.45, 7) is 0. The second kappa shape index (κ2) is 11.4. The molecule has 0 saturated heterocycles. The first-order chi connectivity index (χ1) is 19.2. The van der Waals surface area contributed by atoms with Crippen LogP contribution in [-0.2, 0) is 27.7 Å². The molecule has 4 rings (SSSR count). The summed E-state index contributed by atoms with van der Waals surface area (Å²) in [6, 6.07) is 20.0. The third-order valence-corrected chi connectivity index (χ3v) is 7.85. The smallest absolute Gasteiger partial charge is 0.416 e. The van der Waals surface area contributed by atoms with Crippen molar-refractivity contribution in [1.82, 2.24) is 5.32 Å². The normalized spacial score (nSPS) is 14.5. The number of alkyl halides is 3. The zero-order chi connectivity index (χ0) is 30.0. The maximum Gasteiger partial charge on any atom is 0.416 e. The third-order valence-electron chi connectivity index (χ3n) is 6.60. The molecule has 41 heavy (non-hydrogen) atoms. The average Bonchev–Trinajstić information content (AvgIpc) is 2.92. The van der Waals surface area contributed by atoms with E-state index >= 15 is 0 Å². The minimum absolute atomic E-state index is 0.0414. The van der Waals surface area contributed by atoms with Crippen molar-refractivity contribution < 1.29 is 35.7 Å². The number of rotatable bonds is 8. The van der Waals surface area contributed by atoms with Crippen molar-refractivity contribution in [1.29, 1.82) is 0 Å². The summed E-state index contributed by atoms with van der Waals surface area (Å²) >= 11 is 0. The number of nitrogens with one attached hydrogen (secondary N) is 1. The monoisotopic (exact) mass is 587 g/mol. The molecular formula is C31H26F5NO3S. The molecule has 4 nitrogen and oxygen atoms in total. The Morgan fingerprint density at radius 2 is 1.56 bits per heavy atom. The first-order valence-electron chi connectivity index (χ1n) is 12.2. The van der Waals surface area contributed by atoms with Gasteiger partial charge in [-0.1, -0.05) is 42.5 Å². The molecule has 0 heterocycles. The molecule has 0 aliphatic heterocycles. The summed E-state index contributed by atoms with van der Waals surface area (Å²) in [7, 11) is -1.49. The highest BCUT2D eigenvalue weighted by Gasteiger charge is 2.40. The van der Waals surface area contributed by atoms with Gasteiger partial charge in [0.1, 0.15) is 5.82 Å². The molecule has 0 bridgehead atoms. The molecule has 0 aliphatic carbocycles. The molecule has 2 atom stereocenters. The predicted molar refractivity (Wildman–Crippen MR) is 149 cm³/mol. The number of halogens is 5. The van der Waals surface area contributed by atoms with Crippen LogP contribution in [0, 0.1) is 11.6 Å². The Morgan fingerprint density at radius 3 is 2.20 bits per heavy atom. The van der Waals surface area contributed by atoms with E-state index in [-0.39, 0.29) is 33.8 Å². The standard InChI is InChI=1S/C31H26F5NO3S/c1-40-28-18-22(12-13-27(28)33)30(19-20-8-5-4-6-9-20,23-15-24(31(34,35)36)17-25(32)16-23)37-29(38)21-10-7-11-26(14-21)41(2,3)39/h4-18H,2,19H2,1,3H3,(H,37,38)/t30-,41?/m1/s1. The minimum atomic E-state index is -4.90. The van der Waals surface area contributed by atoms with Crippen molar-refractivity contribution >= 4 is 21.3 Å². The van der Waals surface area contributed by atoms with Crippen LogP contribution in [0.1, 0.15) is 32.6 Å². The summed E-state index contributed by atoms with van der Waals surface area (Å²) in [5.41, 5.74) is -2.59. The van der Waals surface area contributed by atoms with Crippen LogP contribution in [0.15, 0.2) is 95.9 Å². The Kier molecular flexibility index (Phi) is 8.26. The van der Waals surface area contributed by atoms with E-state index in [4.69, 9.17) is 4.74 Å². The average molecular weight is 588 g/mol. The lowest BCUT2D eigenvalue weighted by atomic mass is 9.77. The molecule has 4 aromatic rings. The molecular weight excluding hydrogens is 561 g/mol. The SMILES string of the molecule is C=S(C)(=O)c1cccc(C(=O)N[C@@](Cc2ccccc2)(c2cc(F)cc(C(F)(F)F)c2)c2ccc(F)c(OC)c2)c1. The fourth-order valence-electron chi connectivity index (χ4n) is 4.56. The molecule has 214 valence electrons. The molecule has 10 heteroatoms. The summed E-state index contributed by atoms with van der Waals surface area (Å²) in [6.07, 6.45) is -3.64. The lowest BCUT2D eigenvalue weighted by Gasteiger charge is -2.37. The molecule has 0 saturated carbocycles. The maximum absolute atomic E-state index is 14.9. The van der Waals surface area contributed by atoms with E-state index < -0.39 is 44.3 Å². The largest absolute Gasteiger partial charge is 0.494 e. The Morgan fingerprint density at radius 1 is 0.878 bits per heavy atom. The number of benzene rings is 4. The van der Waals surface area contributed by atoms with Gasteiger partial charge in [-0.2, -0.15) is 13.2 Å². The molecule has 4 aromatic carbocycles. The molecule has 0 aromatic heterocycles. The van der Waals surface area contributed by atoms with Crippen molar-refractivity contribution in [2.45, 2.75) is 23.0 Å². The van der Waals surface area contributed by atoms with Gasteiger partial charge >= 0.3 is 6.18 Å². The highest BCUT2D eigenvalue weighted by molar-refractivity contribution is 7.99. The molecule has 0 fully saturated rings. The second-order valence-electron chi connectivity index (χ2n) is 9.63. The van der Waals surface area contributed by atoms with E-state index in [0.29, 0.717) is 11.6 Å². The molecule has 1 unspecified atom stereocenters. The third kappa shape index (κ3) is 6.59. The van der Waals surface area contributed by atoms with E-state index in [1.165, 1.54) is 49.8 Å². The number of carbonyl (C=O) groups excluding carboxylic acids is 1. The number of methoxy groups -OCH3 is 1. The predicted octanol–water partition coefficient (Wildman–Crippen LogP) is 6.61. The fraction of sp³-hybridized carbons (Fsp3) is 0.161. The van der Waals surface area contributed by atoms with Crippen LogP contribution < -0.4 is 10.1 Å². The summed E-state index contributed by atoms with van der Waals surface area (Å²) in [4.78, 5) is 14.1. The van der Waals surface area contributed by atoms with Gasteiger partial charge in [0.25, 0.3) is 5.91 Å². The van der Waals surface area contributed by atoms with Crippen molar-refractivity contribution in [2.75, 3.05) is 13.4 Å². The number of ether oxygens (including phenoxy) is 1. The first-order valence-corrected chi connectivity index (χ1v) is 14.4. The molecule has 0 aliphatic rings. The van der Waals surface area contributed by atoms with Gasteiger partial charge in [-0.3, -0.25) is 9.00 Å². The molecule has 1 N–H and O–H groups in total. The van der Waals surface area contributed by atoms with Gasteiger partial charge in [0, 0.05) is 23.1 Å². The number of hydrogen-bond donors (Lipinski definition) is 1. The second-order valence-corrected chi connectivity index (χ2v) is 12.1. The van der Waals surface area contributed by atoms with Crippen LogP contribution in [0.25, 0.3) is 0 Å². The van der Waals surface area contributed by atoms with E-state index in [1.54, 1.807) is 30.3 Å². The van der Waals surface area contributed by atoms with E-state index in [0.717, 1.165) is 18.2 Å². The number of hydrogen-bond acceptors (Lipinski definition) is 3. The summed E-state index contributed by atoms with van der Waals surface area (Å²) in [5.74, 6) is 0.724. The first kappa shape index (κ1) is 29.8. The Balaban J connectivity index is 2.03.